The Balaban J connectivity index is 2.20. The Morgan fingerprint density at radius 3 is 2.88 bits per heavy atom. The van der Waals surface area contributed by atoms with Crippen molar-refractivity contribution in [2.24, 2.45) is 4.99 Å². The molecule has 92 valence electrons. The first kappa shape index (κ1) is 12.4. The molecule has 1 aliphatic rings. The fourth-order valence-corrected chi connectivity index (χ4v) is 2.85. The summed E-state index contributed by atoms with van der Waals surface area (Å²) < 4.78 is 13.7. The lowest BCUT2D eigenvalue weighted by Gasteiger charge is -2.15. The molecule has 1 aliphatic heterocycles. The van der Waals surface area contributed by atoms with Crippen LogP contribution in [0.25, 0.3) is 0 Å². The minimum absolute atomic E-state index is 0.00778. The summed E-state index contributed by atoms with van der Waals surface area (Å²) in [5, 5.41) is 3.93. The van der Waals surface area contributed by atoms with E-state index < -0.39 is 0 Å². The summed E-state index contributed by atoms with van der Waals surface area (Å²) >= 11 is 1.66. The van der Waals surface area contributed by atoms with Gasteiger partial charge in [0.05, 0.1) is 11.2 Å². The zero-order valence-corrected chi connectivity index (χ0v) is 11.2. The van der Waals surface area contributed by atoms with Crippen molar-refractivity contribution in [2.45, 2.75) is 32.7 Å². The van der Waals surface area contributed by atoms with Crippen LogP contribution < -0.4 is 5.32 Å². The predicted molar refractivity (Wildman–Crippen MR) is 73.3 cm³/mol. The number of nitrogens with zero attached hydrogens (tertiary/aromatic N) is 1. The second-order valence-corrected chi connectivity index (χ2v) is 5.58. The summed E-state index contributed by atoms with van der Waals surface area (Å²) in [7, 11) is 0. The van der Waals surface area contributed by atoms with E-state index in [1.54, 1.807) is 17.8 Å². The standard InChI is InChI=1S/C13H17FN2S/c1-4-13(3)8-17-12(16-13)15-11-9(2)6-5-7-10(11)14/h5-7H,4,8H2,1-3H3,(H,15,16). The van der Waals surface area contributed by atoms with Gasteiger partial charge < -0.3 is 5.32 Å². The molecule has 4 heteroatoms. The van der Waals surface area contributed by atoms with E-state index >= 15 is 0 Å². The average Bonchev–Trinajstić information content (AvgIpc) is 2.67. The molecule has 0 fully saturated rings. The first-order chi connectivity index (χ1) is 8.04. The topological polar surface area (TPSA) is 24.4 Å². The molecule has 1 unspecified atom stereocenters. The quantitative estimate of drug-likeness (QED) is 0.865. The van der Waals surface area contributed by atoms with Crippen molar-refractivity contribution in [1.29, 1.82) is 0 Å². The van der Waals surface area contributed by atoms with Crippen LogP contribution in [0.4, 0.5) is 10.1 Å². The van der Waals surface area contributed by atoms with Gasteiger partial charge in [0.15, 0.2) is 5.17 Å². The van der Waals surface area contributed by atoms with Crippen molar-refractivity contribution in [3.63, 3.8) is 0 Å². The summed E-state index contributed by atoms with van der Waals surface area (Å²) in [6, 6.07) is 5.08. The molecule has 1 aromatic rings. The average molecular weight is 252 g/mol. The van der Waals surface area contributed by atoms with Crippen molar-refractivity contribution >= 4 is 22.6 Å². The number of hydrogen-bond donors (Lipinski definition) is 1. The van der Waals surface area contributed by atoms with E-state index in [1.807, 2.05) is 13.0 Å². The molecule has 0 aromatic heterocycles. The fraction of sp³-hybridized carbons (Fsp3) is 0.462. The largest absolute Gasteiger partial charge is 0.332 e. The smallest absolute Gasteiger partial charge is 0.161 e. The summed E-state index contributed by atoms with van der Waals surface area (Å²) in [4.78, 5) is 4.62. The van der Waals surface area contributed by atoms with Gasteiger partial charge in [0, 0.05) is 5.75 Å². The Kier molecular flexibility index (Phi) is 3.43. The zero-order valence-electron chi connectivity index (χ0n) is 10.4. The molecule has 0 saturated carbocycles. The number of aliphatic imine (C=N–C) groups is 1. The van der Waals surface area contributed by atoms with Crippen LogP contribution in [0, 0.1) is 12.7 Å². The van der Waals surface area contributed by atoms with Crippen molar-refractivity contribution in [1.82, 2.24) is 0 Å². The van der Waals surface area contributed by atoms with Gasteiger partial charge in [-0.2, -0.15) is 0 Å². The zero-order chi connectivity index (χ0) is 12.5. The van der Waals surface area contributed by atoms with Gasteiger partial charge in [-0.25, -0.2) is 4.39 Å². The third-order valence-corrected chi connectivity index (χ3v) is 4.34. The molecular formula is C13H17FN2S. The molecule has 1 heterocycles. The number of nitrogens with one attached hydrogen (secondary N) is 1. The number of thioether (sulfide) groups is 1. The van der Waals surface area contributed by atoms with Crippen LogP contribution in [0.2, 0.25) is 0 Å². The number of anilines is 1. The first-order valence-electron chi connectivity index (χ1n) is 5.79. The number of halogens is 1. The first-order valence-corrected chi connectivity index (χ1v) is 6.77. The molecule has 1 N–H and O–H groups in total. The maximum atomic E-state index is 13.7. The number of aryl methyl sites for hydroxylation is 1. The Morgan fingerprint density at radius 2 is 2.29 bits per heavy atom. The molecule has 17 heavy (non-hydrogen) atoms. The highest BCUT2D eigenvalue weighted by atomic mass is 32.2. The van der Waals surface area contributed by atoms with Crippen LogP contribution in [0.3, 0.4) is 0 Å². The van der Waals surface area contributed by atoms with Gasteiger partial charge in [-0.3, -0.25) is 4.99 Å². The Morgan fingerprint density at radius 1 is 1.53 bits per heavy atom. The predicted octanol–water partition coefficient (Wildman–Crippen LogP) is 3.82. The van der Waals surface area contributed by atoms with Gasteiger partial charge in [0.2, 0.25) is 0 Å². The summed E-state index contributed by atoms with van der Waals surface area (Å²) in [5.74, 6) is 0.734. The second-order valence-electron chi connectivity index (χ2n) is 4.61. The number of rotatable bonds is 2. The summed E-state index contributed by atoms with van der Waals surface area (Å²) in [5.41, 5.74) is 1.43. The van der Waals surface area contributed by atoms with E-state index in [-0.39, 0.29) is 11.4 Å². The molecule has 2 nitrogen and oxygen atoms in total. The molecular weight excluding hydrogens is 235 g/mol. The molecule has 1 aromatic carbocycles. The lowest BCUT2D eigenvalue weighted by Crippen LogP contribution is -2.20. The molecule has 0 radical (unpaired) electrons. The maximum absolute atomic E-state index is 13.7. The Bertz CT molecular complexity index is 438. The van der Waals surface area contributed by atoms with Gasteiger partial charge >= 0.3 is 0 Å². The van der Waals surface area contributed by atoms with Crippen LogP contribution in [0.1, 0.15) is 25.8 Å². The molecule has 1 atom stereocenters. The van der Waals surface area contributed by atoms with Crippen molar-refractivity contribution < 1.29 is 4.39 Å². The third-order valence-electron chi connectivity index (χ3n) is 3.11. The lowest BCUT2D eigenvalue weighted by atomic mass is 10.0. The van der Waals surface area contributed by atoms with E-state index in [4.69, 9.17) is 0 Å². The van der Waals surface area contributed by atoms with Crippen LogP contribution >= 0.6 is 11.8 Å². The Hall–Kier alpha value is -1.03. The minimum Gasteiger partial charge on any atom is -0.332 e. The number of para-hydroxylation sites is 1. The summed E-state index contributed by atoms with van der Waals surface area (Å²) in [6.45, 7) is 6.15. The highest BCUT2D eigenvalue weighted by Crippen LogP contribution is 2.31. The Labute approximate surface area is 106 Å². The van der Waals surface area contributed by atoms with E-state index in [2.05, 4.69) is 24.2 Å². The SMILES string of the molecule is CCC1(C)CSC(Nc2c(C)cccc2F)=N1. The molecule has 0 spiro atoms. The van der Waals surface area contributed by atoms with Crippen molar-refractivity contribution in [2.75, 3.05) is 11.1 Å². The maximum Gasteiger partial charge on any atom is 0.161 e. The lowest BCUT2D eigenvalue weighted by molar-refractivity contribution is 0.522. The third kappa shape index (κ3) is 2.63. The molecule has 0 saturated heterocycles. The van der Waals surface area contributed by atoms with E-state index in [0.717, 1.165) is 22.9 Å². The highest BCUT2D eigenvalue weighted by Gasteiger charge is 2.29. The van der Waals surface area contributed by atoms with Crippen molar-refractivity contribution in [3.05, 3.63) is 29.6 Å². The van der Waals surface area contributed by atoms with Crippen molar-refractivity contribution in [3.8, 4) is 0 Å². The highest BCUT2D eigenvalue weighted by molar-refractivity contribution is 8.14. The monoisotopic (exact) mass is 252 g/mol. The number of hydrogen-bond acceptors (Lipinski definition) is 3. The van der Waals surface area contributed by atoms with E-state index in [0.29, 0.717) is 5.69 Å². The van der Waals surface area contributed by atoms with Crippen LogP contribution in [-0.4, -0.2) is 16.5 Å². The summed E-state index contributed by atoms with van der Waals surface area (Å²) in [6.07, 6.45) is 1.00. The van der Waals surface area contributed by atoms with Crippen LogP contribution in [0.15, 0.2) is 23.2 Å². The van der Waals surface area contributed by atoms with Gasteiger partial charge in [-0.05, 0) is 31.9 Å². The van der Waals surface area contributed by atoms with Gasteiger partial charge in [-0.1, -0.05) is 30.8 Å². The van der Waals surface area contributed by atoms with E-state index in [1.165, 1.54) is 6.07 Å². The van der Waals surface area contributed by atoms with Crippen LogP contribution in [0.5, 0.6) is 0 Å². The fourth-order valence-electron chi connectivity index (χ4n) is 1.68. The normalized spacial score (nSPS) is 23.6. The molecule has 0 aliphatic carbocycles. The number of amidine groups is 1. The van der Waals surface area contributed by atoms with Gasteiger partial charge in [0.25, 0.3) is 0 Å². The van der Waals surface area contributed by atoms with Gasteiger partial charge in [0.1, 0.15) is 5.82 Å². The molecule has 0 bridgehead atoms. The van der Waals surface area contributed by atoms with E-state index in [9.17, 15) is 4.39 Å². The number of benzene rings is 1. The van der Waals surface area contributed by atoms with Crippen LogP contribution in [-0.2, 0) is 0 Å². The molecule has 0 amide bonds. The minimum atomic E-state index is -0.224. The van der Waals surface area contributed by atoms with Gasteiger partial charge in [-0.15, -0.1) is 0 Å². The molecule has 2 rings (SSSR count). The second kappa shape index (κ2) is 4.69.